The van der Waals surface area contributed by atoms with Crippen molar-refractivity contribution in [2.24, 2.45) is 15.9 Å². The average molecular weight is 373 g/mol. The summed E-state index contributed by atoms with van der Waals surface area (Å²) in [5, 5.41) is 31.8. The second kappa shape index (κ2) is 6.75. The lowest BCUT2D eigenvalue weighted by Gasteiger charge is -2.35. The number of dihydropyridines is 1. The monoisotopic (exact) mass is 373 g/mol. The third-order valence-electron chi connectivity index (χ3n) is 4.49. The zero-order valence-corrected chi connectivity index (χ0v) is 14.4. The van der Waals surface area contributed by atoms with Crippen LogP contribution in [-0.4, -0.2) is 39.4 Å². The lowest BCUT2D eigenvalue weighted by Crippen LogP contribution is -2.44. The number of rotatable bonds is 4. The number of nitrogens with zero attached hydrogens (tertiary/aromatic N) is 4. The average Bonchev–Trinajstić information content (AvgIpc) is 2.60. The molecule has 0 spiro atoms. The summed E-state index contributed by atoms with van der Waals surface area (Å²) < 4.78 is 26.1. The topological polar surface area (TPSA) is 144 Å². The summed E-state index contributed by atoms with van der Waals surface area (Å²) in [6.07, 6.45) is -0.369. The van der Waals surface area contributed by atoms with E-state index in [0.717, 1.165) is 0 Å². The second-order valence-electron chi connectivity index (χ2n) is 6.48. The minimum Gasteiger partial charge on any atom is -0.409 e. The van der Waals surface area contributed by atoms with Gasteiger partial charge in [-0.1, -0.05) is 5.16 Å². The fraction of sp³-hybridized carbons (Fsp3) is 0.353. The molecule has 0 radical (unpaired) electrons. The Morgan fingerprint density at radius 3 is 2.78 bits per heavy atom. The SMILES string of the molecule is CC1=N/C(=N/O)C(=N)C(N)=C1Cc1ccc(C#N)c(NC2CC(F)(F)C2)n1. The number of anilines is 1. The van der Waals surface area contributed by atoms with Gasteiger partial charge in [0.05, 0.1) is 11.3 Å². The molecule has 0 saturated heterocycles. The van der Waals surface area contributed by atoms with Crippen LogP contribution in [0.4, 0.5) is 14.6 Å². The van der Waals surface area contributed by atoms with Crippen molar-refractivity contribution in [1.29, 1.82) is 10.7 Å². The van der Waals surface area contributed by atoms with Gasteiger partial charge in [0.2, 0.25) is 5.84 Å². The molecular formula is C17H17F2N7O. The molecule has 2 heterocycles. The maximum atomic E-state index is 13.0. The number of halogens is 2. The summed E-state index contributed by atoms with van der Waals surface area (Å²) >= 11 is 0. The van der Waals surface area contributed by atoms with E-state index in [1.807, 2.05) is 6.07 Å². The van der Waals surface area contributed by atoms with E-state index < -0.39 is 12.0 Å². The first-order chi connectivity index (χ1) is 12.7. The third kappa shape index (κ3) is 3.62. The maximum absolute atomic E-state index is 13.0. The summed E-state index contributed by atoms with van der Waals surface area (Å²) in [7, 11) is 0. The Labute approximate surface area is 153 Å². The molecule has 27 heavy (non-hydrogen) atoms. The lowest BCUT2D eigenvalue weighted by atomic mass is 9.88. The Bertz CT molecular complexity index is 935. The Balaban J connectivity index is 1.85. The number of alkyl halides is 2. The molecule has 1 fully saturated rings. The van der Waals surface area contributed by atoms with E-state index in [9.17, 15) is 14.0 Å². The van der Waals surface area contributed by atoms with Crippen molar-refractivity contribution in [3.63, 3.8) is 0 Å². The van der Waals surface area contributed by atoms with Gasteiger partial charge in [-0.2, -0.15) is 5.26 Å². The highest BCUT2D eigenvalue weighted by molar-refractivity contribution is 6.50. The van der Waals surface area contributed by atoms with Gasteiger partial charge in [-0.3, -0.25) is 5.41 Å². The predicted octanol–water partition coefficient (Wildman–Crippen LogP) is 2.20. The molecule has 0 aromatic carbocycles. The predicted molar refractivity (Wildman–Crippen MR) is 95.5 cm³/mol. The summed E-state index contributed by atoms with van der Waals surface area (Å²) in [5.41, 5.74) is 7.71. The molecule has 140 valence electrons. The number of pyridine rings is 1. The normalized spacial score (nSPS) is 20.9. The van der Waals surface area contributed by atoms with Gasteiger partial charge in [-0.15, -0.1) is 0 Å². The smallest absolute Gasteiger partial charge is 0.252 e. The van der Waals surface area contributed by atoms with E-state index in [4.69, 9.17) is 16.4 Å². The molecule has 0 amide bonds. The van der Waals surface area contributed by atoms with E-state index in [-0.39, 0.29) is 47.9 Å². The van der Waals surface area contributed by atoms with Crippen LogP contribution in [0.15, 0.2) is 33.6 Å². The van der Waals surface area contributed by atoms with Crippen molar-refractivity contribution in [1.82, 2.24) is 4.98 Å². The molecule has 1 aliphatic heterocycles. The Morgan fingerprint density at radius 2 is 2.19 bits per heavy atom. The standard InChI is InChI=1S/C17H17F2N7O/c1-8-12(13(21)14(22)16(23-8)26-27)4-10-3-2-9(7-20)15(24-10)25-11-5-17(18,19)6-11/h2-3,11,22,27H,4-6,21H2,1H3,(H,24,25)/b22-14?,26-16+. The van der Waals surface area contributed by atoms with E-state index >= 15 is 0 Å². The van der Waals surface area contributed by atoms with Crippen molar-refractivity contribution in [3.05, 3.63) is 34.7 Å². The molecule has 5 N–H and O–H groups in total. The van der Waals surface area contributed by atoms with Gasteiger partial charge in [0.1, 0.15) is 17.6 Å². The molecular weight excluding hydrogens is 356 g/mol. The quantitative estimate of drug-likeness (QED) is 0.472. The fourth-order valence-electron chi connectivity index (χ4n) is 2.98. The molecule has 1 aromatic rings. The van der Waals surface area contributed by atoms with Crippen LogP contribution >= 0.6 is 0 Å². The van der Waals surface area contributed by atoms with Crippen molar-refractivity contribution < 1.29 is 14.0 Å². The molecule has 3 rings (SSSR count). The van der Waals surface area contributed by atoms with Crippen LogP contribution in [0.2, 0.25) is 0 Å². The highest BCUT2D eigenvalue weighted by Crippen LogP contribution is 2.39. The van der Waals surface area contributed by atoms with Crippen LogP contribution in [0.5, 0.6) is 0 Å². The van der Waals surface area contributed by atoms with Gasteiger partial charge in [0.25, 0.3) is 5.92 Å². The number of amidine groups is 1. The fourth-order valence-corrected chi connectivity index (χ4v) is 2.98. The van der Waals surface area contributed by atoms with E-state index in [2.05, 4.69) is 20.4 Å². The number of hydrogen-bond donors (Lipinski definition) is 4. The Morgan fingerprint density at radius 1 is 1.48 bits per heavy atom. The minimum atomic E-state index is -2.68. The first-order valence-electron chi connectivity index (χ1n) is 8.14. The van der Waals surface area contributed by atoms with Crippen LogP contribution in [0, 0.1) is 16.7 Å². The van der Waals surface area contributed by atoms with Gasteiger partial charge in [-0.05, 0) is 19.1 Å². The summed E-state index contributed by atoms with van der Waals surface area (Å²) in [6.45, 7) is 1.67. The first-order valence-corrected chi connectivity index (χ1v) is 8.14. The van der Waals surface area contributed by atoms with Gasteiger partial charge in [-0.25, -0.2) is 18.8 Å². The van der Waals surface area contributed by atoms with E-state index in [1.54, 1.807) is 19.1 Å². The van der Waals surface area contributed by atoms with Crippen LogP contribution < -0.4 is 11.1 Å². The first kappa shape index (κ1) is 18.4. The van der Waals surface area contributed by atoms with Crippen molar-refractivity contribution in [2.45, 2.75) is 38.2 Å². The van der Waals surface area contributed by atoms with Gasteiger partial charge >= 0.3 is 0 Å². The molecule has 1 aromatic heterocycles. The van der Waals surface area contributed by atoms with Gasteiger partial charge < -0.3 is 16.3 Å². The maximum Gasteiger partial charge on any atom is 0.252 e. The van der Waals surface area contributed by atoms with E-state index in [1.165, 1.54) is 0 Å². The zero-order valence-electron chi connectivity index (χ0n) is 14.4. The van der Waals surface area contributed by atoms with Crippen LogP contribution in [0.1, 0.15) is 31.0 Å². The van der Waals surface area contributed by atoms with Crippen molar-refractivity contribution >= 4 is 23.1 Å². The summed E-state index contributed by atoms with van der Waals surface area (Å²) in [4.78, 5) is 8.39. The summed E-state index contributed by atoms with van der Waals surface area (Å²) in [5.74, 6) is -2.61. The minimum absolute atomic E-state index is 0.120. The van der Waals surface area contributed by atoms with Crippen LogP contribution in [0.25, 0.3) is 0 Å². The second-order valence-corrected chi connectivity index (χ2v) is 6.48. The van der Waals surface area contributed by atoms with Crippen LogP contribution in [-0.2, 0) is 6.42 Å². The molecule has 0 unspecified atom stereocenters. The Hall–Kier alpha value is -3.35. The molecule has 1 aliphatic carbocycles. The molecule has 0 atom stereocenters. The number of aromatic nitrogens is 1. The number of oxime groups is 1. The molecule has 2 aliphatic rings. The third-order valence-corrected chi connectivity index (χ3v) is 4.49. The van der Waals surface area contributed by atoms with Gasteiger partial charge in [0, 0.05) is 42.3 Å². The van der Waals surface area contributed by atoms with Gasteiger partial charge in [0.15, 0.2) is 0 Å². The highest BCUT2D eigenvalue weighted by atomic mass is 19.3. The van der Waals surface area contributed by atoms with Crippen LogP contribution in [0.3, 0.4) is 0 Å². The highest BCUT2D eigenvalue weighted by Gasteiger charge is 2.45. The number of hydrogen-bond acceptors (Lipinski definition) is 7. The number of allylic oxidation sites excluding steroid dienone is 1. The van der Waals surface area contributed by atoms with Crippen molar-refractivity contribution in [2.75, 3.05) is 5.32 Å². The molecule has 1 saturated carbocycles. The number of aliphatic imine (C=N–C) groups is 1. The van der Waals surface area contributed by atoms with E-state index in [0.29, 0.717) is 17.0 Å². The lowest BCUT2D eigenvalue weighted by molar-refractivity contribution is -0.0794. The molecule has 0 bridgehead atoms. The molecule has 8 nitrogen and oxygen atoms in total. The Kier molecular flexibility index (Phi) is 4.61. The largest absolute Gasteiger partial charge is 0.409 e. The number of nitriles is 1. The number of nitrogens with two attached hydrogens (primary N) is 1. The molecule has 10 heteroatoms. The summed E-state index contributed by atoms with van der Waals surface area (Å²) in [6, 6.07) is 4.74. The van der Waals surface area contributed by atoms with Crippen molar-refractivity contribution in [3.8, 4) is 6.07 Å². The zero-order chi connectivity index (χ0) is 19.8. The number of nitrogens with one attached hydrogen (secondary N) is 2.